The highest BCUT2D eigenvalue weighted by atomic mass is 16.5. The number of aromatic nitrogens is 2. The highest BCUT2D eigenvalue weighted by Crippen LogP contribution is 2.18. The van der Waals surface area contributed by atoms with Crippen LogP contribution in [0.2, 0.25) is 0 Å². The lowest BCUT2D eigenvalue weighted by molar-refractivity contribution is 0.0492. The molecule has 6 heteroatoms. The third-order valence-corrected chi connectivity index (χ3v) is 3.83. The molecule has 0 spiro atoms. The molecule has 0 bridgehead atoms. The molecule has 0 N–H and O–H groups in total. The van der Waals surface area contributed by atoms with E-state index in [0.29, 0.717) is 35.2 Å². The summed E-state index contributed by atoms with van der Waals surface area (Å²) >= 11 is 0. The van der Waals surface area contributed by atoms with Gasteiger partial charge in [-0.3, -0.25) is 9.36 Å². The lowest BCUT2D eigenvalue weighted by Gasteiger charge is -2.09. The second-order valence-electron chi connectivity index (χ2n) is 5.45. The van der Waals surface area contributed by atoms with Crippen molar-refractivity contribution in [3.8, 4) is 5.75 Å². The number of hydrogen-bond acceptors (Lipinski definition) is 5. The minimum Gasteiger partial charge on any atom is -0.496 e. The first-order valence-electron chi connectivity index (χ1n) is 7.95. The average molecular weight is 338 g/mol. The second kappa shape index (κ2) is 7.61. The number of fused-ring (bicyclic) bond motifs is 1. The molecule has 0 amide bonds. The van der Waals surface area contributed by atoms with Crippen molar-refractivity contribution in [3.05, 3.63) is 70.8 Å². The summed E-state index contributed by atoms with van der Waals surface area (Å²) in [5.41, 5.74) is 0.961. The number of nitrogens with zero attached hydrogens (tertiary/aromatic N) is 2. The maximum absolute atomic E-state index is 12.4. The molecule has 1 aromatic heterocycles. The molecule has 0 saturated carbocycles. The fourth-order valence-electron chi connectivity index (χ4n) is 2.56. The Morgan fingerprint density at radius 3 is 2.72 bits per heavy atom. The lowest BCUT2D eigenvalue weighted by Crippen LogP contribution is -2.21. The van der Waals surface area contributed by atoms with Crippen LogP contribution in [-0.4, -0.2) is 29.2 Å². The number of aryl methyl sites for hydroxylation is 1. The fourth-order valence-corrected chi connectivity index (χ4v) is 2.56. The number of ether oxygens (including phenoxy) is 2. The molecular weight excluding hydrogens is 320 g/mol. The van der Waals surface area contributed by atoms with Gasteiger partial charge < -0.3 is 9.47 Å². The Morgan fingerprint density at radius 1 is 1.12 bits per heavy atom. The summed E-state index contributed by atoms with van der Waals surface area (Å²) in [7, 11) is 1.51. The van der Waals surface area contributed by atoms with Crippen molar-refractivity contribution in [2.75, 3.05) is 13.7 Å². The van der Waals surface area contributed by atoms with E-state index < -0.39 is 5.97 Å². The number of carbonyl (C=O) groups excluding carboxylic acids is 1. The van der Waals surface area contributed by atoms with Gasteiger partial charge in [-0.2, -0.15) is 0 Å². The Bertz CT molecular complexity index is 949. The summed E-state index contributed by atoms with van der Waals surface area (Å²) in [6, 6.07) is 14.1. The molecule has 1 heterocycles. The number of rotatable bonds is 6. The van der Waals surface area contributed by atoms with Crippen molar-refractivity contribution in [3.63, 3.8) is 0 Å². The van der Waals surface area contributed by atoms with Crippen LogP contribution in [0.1, 0.15) is 16.8 Å². The fraction of sp³-hybridized carbons (Fsp3) is 0.211. The van der Waals surface area contributed by atoms with Crippen molar-refractivity contribution < 1.29 is 14.3 Å². The summed E-state index contributed by atoms with van der Waals surface area (Å²) in [5.74, 6) is 0.0314. The number of para-hydroxylation sites is 2. The zero-order valence-corrected chi connectivity index (χ0v) is 13.8. The van der Waals surface area contributed by atoms with Gasteiger partial charge >= 0.3 is 5.97 Å². The smallest absolute Gasteiger partial charge is 0.341 e. The maximum Gasteiger partial charge on any atom is 0.341 e. The van der Waals surface area contributed by atoms with Crippen LogP contribution in [0.5, 0.6) is 5.75 Å². The first-order chi connectivity index (χ1) is 12.2. The third-order valence-electron chi connectivity index (χ3n) is 3.83. The number of carbonyl (C=O) groups is 1. The van der Waals surface area contributed by atoms with Gasteiger partial charge in [-0.15, -0.1) is 0 Å². The van der Waals surface area contributed by atoms with E-state index in [-0.39, 0.29) is 12.2 Å². The van der Waals surface area contributed by atoms with Crippen LogP contribution in [0, 0.1) is 0 Å². The van der Waals surface area contributed by atoms with E-state index in [4.69, 9.17) is 9.47 Å². The molecule has 2 aromatic carbocycles. The molecule has 128 valence electrons. The van der Waals surface area contributed by atoms with Crippen LogP contribution < -0.4 is 10.3 Å². The Balaban J connectivity index is 1.59. The van der Waals surface area contributed by atoms with E-state index in [0.717, 1.165) is 0 Å². The molecule has 0 fully saturated rings. The largest absolute Gasteiger partial charge is 0.496 e. The van der Waals surface area contributed by atoms with Crippen molar-refractivity contribution >= 4 is 16.9 Å². The Hall–Kier alpha value is -3.15. The topological polar surface area (TPSA) is 70.4 Å². The van der Waals surface area contributed by atoms with Crippen molar-refractivity contribution in [2.45, 2.75) is 13.0 Å². The van der Waals surface area contributed by atoms with Crippen LogP contribution in [-0.2, 0) is 11.3 Å². The molecule has 3 rings (SSSR count). The Kier molecular flexibility index (Phi) is 5.09. The van der Waals surface area contributed by atoms with Crippen molar-refractivity contribution in [1.29, 1.82) is 0 Å². The van der Waals surface area contributed by atoms with Crippen molar-refractivity contribution in [1.82, 2.24) is 9.55 Å². The summed E-state index contributed by atoms with van der Waals surface area (Å²) in [6.07, 6.45) is 2.04. The average Bonchev–Trinajstić information content (AvgIpc) is 2.66. The van der Waals surface area contributed by atoms with Gasteiger partial charge in [0, 0.05) is 6.54 Å². The minimum absolute atomic E-state index is 0.0957. The zero-order chi connectivity index (χ0) is 17.6. The molecule has 0 unspecified atom stereocenters. The van der Waals surface area contributed by atoms with Gasteiger partial charge in [0.2, 0.25) is 0 Å². The third kappa shape index (κ3) is 3.68. The van der Waals surface area contributed by atoms with E-state index in [2.05, 4.69) is 4.98 Å². The van der Waals surface area contributed by atoms with Gasteiger partial charge in [-0.1, -0.05) is 24.3 Å². The Morgan fingerprint density at radius 2 is 1.88 bits per heavy atom. The minimum atomic E-state index is -0.443. The van der Waals surface area contributed by atoms with Gasteiger partial charge in [0.05, 0.1) is 30.9 Å². The molecule has 0 aliphatic heterocycles. The molecule has 0 aliphatic carbocycles. The molecule has 0 aliphatic rings. The summed E-state index contributed by atoms with van der Waals surface area (Å²) in [4.78, 5) is 28.7. The lowest BCUT2D eigenvalue weighted by atomic mass is 10.2. The molecule has 0 atom stereocenters. The van der Waals surface area contributed by atoms with Gasteiger partial charge in [0.1, 0.15) is 11.3 Å². The van der Waals surface area contributed by atoms with Crippen molar-refractivity contribution in [2.24, 2.45) is 0 Å². The van der Waals surface area contributed by atoms with E-state index in [1.54, 1.807) is 36.4 Å². The van der Waals surface area contributed by atoms with Crippen LogP contribution in [0.25, 0.3) is 10.9 Å². The number of hydrogen-bond donors (Lipinski definition) is 0. The monoisotopic (exact) mass is 338 g/mol. The SMILES string of the molecule is COc1ccccc1C(=O)OCCCn1cnc2ccccc2c1=O. The molecule has 0 saturated heterocycles. The number of methoxy groups -OCH3 is 1. The van der Waals surface area contributed by atoms with E-state index in [1.165, 1.54) is 18.0 Å². The normalized spacial score (nSPS) is 10.6. The van der Waals surface area contributed by atoms with Crippen LogP contribution in [0.4, 0.5) is 0 Å². The van der Waals surface area contributed by atoms with Crippen LogP contribution in [0.3, 0.4) is 0 Å². The maximum atomic E-state index is 12.4. The Labute approximate surface area is 144 Å². The molecular formula is C19H18N2O4. The first-order valence-corrected chi connectivity index (χ1v) is 7.95. The van der Waals surface area contributed by atoms with Gasteiger partial charge in [-0.25, -0.2) is 9.78 Å². The molecule has 3 aromatic rings. The summed E-state index contributed by atoms with van der Waals surface area (Å²) in [6.45, 7) is 0.631. The van der Waals surface area contributed by atoms with Gasteiger partial charge in [0.25, 0.3) is 5.56 Å². The number of benzene rings is 2. The predicted molar refractivity (Wildman–Crippen MR) is 93.9 cm³/mol. The standard InChI is InChI=1S/C19H18N2O4/c1-24-17-10-5-3-8-15(17)19(23)25-12-6-11-21-13-20-16-9-4-2-7-14(16)18(21)22/h2-5,7-10,13H,6,11-12H2,1H3. The predicted octanol–water partition coefficient (Wildman–Crippen LogP) is 2.65. The van der Waals surface area contributed by atoms with E-state index >= 15 is 0 Å². The zero-order valence-electron chi connectivity index (χ0n) is 13.8. The van der Waals surface area contributed by atoms with E-state index in [9.17, 15) is 9.59 Å². The molecule has 6 nitrogen and oxygen atoms in total. The van der Waals surface area contributed by atoms with E-state index in [1.807, 2.05) is 12.1 Å². The molecule has 0 radical (unpaired) electrons. The first kappa shape index (κ1) is 16.7. The second-order valence-corrected chi connectivity index (χ2v) is 5.45. The summed E-state index contributed by atoms with van der Waals surface area (Å²) in [5, 5.41) is 0.580. The van der Waals surface area contributed by atoms with Crippen LogP contribution in [0.15, 0.2) is 59.7 Å². The number of esters is 1. The quantitative estimate of drug-likeness (QED) is 0.510. The van der Waals surface area contributed by atoms with Gasteiger partial charge in [-0.05, 0) is 30.7 Å². The van der Waals surface area contributed by atoms with Gasteiger partial charge in [0.15, 0.2) is 0 Å². The highest BCUT2D eigenvalue weighted by molar-refractivity contribution is 5.92. The highest BCUT2D eigenvalue weighted by Gasteiger charge is 2.12. The molecule has 25 heavy (non-hydrogen) atoms. The van der Waals surface area contributed by atoms with Crippen LogP contribution >= 0.6 is 0 Å². The summed E-state index contributed by atoms with van der Waals surface area (Å²) < 4.78 is 11.9.